The van der Waals surface area contributed by atoms with Crippen LogP contribution in [0.3, 0.4) is 0 Å². The van der Waals surface area contributed by atoms with Crippen molar-refractivity contribution in [2.24, 2.45) is 0 Å². The average molecular weight is 341 g/mol. The van der Waals surface area contributed by atoms with E-state index in [2.05, 4.69) is 0 Å². The van der Waals surface area contributed by atoms with Crippen LogP contribution in [-0.4, -0.2) is 21.4 Å². The van der Waals surface area contributed by atoms with Crippen LogP contribution in [0.2, 0.25) is 0 Å². The first-order valence-electron chi connectivity index (χ1n) is 8.20. The maximum atomic E-state index is 13.1. The molecule has 0 amide bonds. The topological polar surface area (TPSA) is 59.3 Å². The van der Waals surface area contributed by atoms with Crippen molar-refractivity contribution in [3.8, 4) is 5.75 Å². The van der Waals surface area contributed by atoms with Gasteiger partial charge in [0.25, 0.3) is 5.91 Å². The molecule has 126 valence electrons. The minimum atomic E-state index is -0.399. The van der Waals surface area contributed by atoms with Gasteiger partial charge in [-0.25, -0.2) is 0 Å². The van der Waals surface area contributed by atoms with E-state index < -0.39 is 5.78 Å². The van der Waals surface area contributed by atoms with Gasteiger partial charge in [-0.3, -0.25) is 14.2 Å². The zero-order valence-electron chi connectivity index (χ0n) is 13.8. The quantitative estimate of drug-likeness (QED) is 0.566. The third kappa shape index (κ3) is 2.48. The Kier molecular flexibility index (Phi) is 3.86. The number of rotatable bonds is 3. The predicted octanol–water partition coefficient (Wildman–Crippen LogP) is 4.27. The zero-order chi connectivity index (χ0) is 18.1. The third-order valence-electron chi connectivity index (χ3n) is 4.32. The number of carbonyl (C=O) groups excluding carboxylic acids is 2. The number of ketones is 1. The van der Waals surface area contributed by atoms with Crippen LogP contribution in [0.25, 0.3) is 10.9 Å². The molecule has 0 radical (unpaired) electrons. The Bertz CT molecular complexity index is 1110. The molecule has 0 saturated heterocycles. The van der Waals surface area contributed by atoms with E-state index >= 15 is 0 Å². The monoisotopic (exact) mass is 341 g/mol. The summed E-state index contributed by atoms with van der Waals surface area (Å²) >= 11 is 0. The molecule has 4 nitrogen and oxygen atoms in total. The van der Waals surface area contributed by atoms with Crippen LogP contribution >= 0.6 is 0 Å². The highest BCUT2D eigenvalue weighted by molar-refractivity contribution is 6.18. The molecule has 0 fully saturated rings. The van der Waals surface area contributed by atoms with E-state index in [0.717, 1.165) is 0 Å². The Hall–Kier alpha value is -3.66. The first-order chi connectivity index (χ1) is 12.7. The number of aromatic hydroxyl groups is 1. The van der Waals surface area contributed by atoms with Gasteiger partial charge in [-0.2, -0.15) is 0 Å². The van der Waals surface area contributed by atoms with Crippen LogP contribution in [0.4, 0.5) is 0 Å². The highest BCUT2D eigenvalue weighted by Crippen LogP contribution is 2.34. The largest absolute Gasteiger partial charge is 0.505 e. The van der Waals surface area contributed by atoms with E-state index in [9.17, 15) is 14.7 Å². The number of hydrogen-bond acceptors (Lipinski definition) is 3. The number of benzene rings is 3. The summed E-state index contributed by atoms with van der Waals surface area (Å²) in [6, 6.07) is 24.3. The second kappa shape index (κ2) is 6.33. The van der Waals surface area contributed by atoms with Gasteiger partial charge in [0.15, 0.2) is 5.75 Å². The van der Waals surface area contributed by atoms with Crippen molar-refractivity contribution in [3.63, 3.8) is 0 Å². The fourth-order valence-electron chi connectivity index (χ4n) is 3.08. The van der Waals surface area contributed by atoms with Crippen LogP contribution in [0.15, 0.2) is 84.9 Å². The Morgan fingerprint density at radius 3 is 1.88 bits per heavy atom. The molecule has 0 aliphatic heterocycles. The van der Waals surface area contributed by atoms with Crippen molar-refractivity contribution in [2.45, 2.75) is 0 Å². The lowest BCUT2D eigenvalue weighted by Crippen LogP contribution is -2.18. The fraction of sp³-hybridized carbons (Fsp3) is 0. The van der Waals surface area contributed by atoms with Gasteiger partial charge in [-0.05, 0) is 24.3 Å². The molecule has 0 spiro atoms. The predicted molar refractivity (Wildman–Crippen MR) is 99.6 cm³/mol. The second-order valence-corrected chi connectivity index (χ2v) is 5.92. The van der Waals surface area contributed by atoms with Gasteiger partial charge in [0.2, 0.25) is 5.78 Å². The summed E-state index contributed by atoms with van der Waals surface area (Å²) in [5.41, 5.74) is 1.33. The Morgan fingerprint density at radius 2 is 1.23 bits per heavy atom. The molecule has 1 aromatic heterocycles. The van der Waals surface area contributed by atoms with Crippen molar-refractivity contribution in [1.82, 2.24) is 4.57 Å². The van der Waals surface area contributed by atoms with Gasteiger partial charge < -0.3 is 5.11 Å². The summed E-state index contributed by atoms with van der Waals surface area (Å²) in [5.74, 6) is -0.941. The van der Waals surface area contributed by atoms with Crippen LogP contribution in [0, 0.1) is 0 Å². The van der Waals surface area contributed by atoms with Crippen LogP contribution in [0.5, 0.6) is 5.75 Å². The lowest BCUT2D eigenvalue weighted by molar-refractivity contribution is 0.0936. The van der Waals surface area contributed by atoms with Crippen LogP contribution in [0.1, 0.15) is 26.4 Å². The van der Waals surface area contributed by atoms with Gasteiger partial charge in [0, 0.05) is 16.5 Å². The molecule has 0 aliphatic rings. The number of para-hydroxylation sites is 1. The highest BCUT2D eigenvalue weighted by atomic mass is 16.3. The molecule has 0 unspecified atom stereocenters. The molecule has 4 aromatic rings. The molecule has 4 heteroatoms. The van der Waals surface area contributed by atoms with Gasteiger partial charge in [-0.1, -0.05) is 60.7 Å². The Morgan fingerprint density at radius 1 is 0.692 bits per heavy atom. The van der Waals surface area contributed by atoms with Crippen LogP contribution in [-0.2, 0) is 0 Å². The lowest BCUT2D eigenvalue weighted by Gasteiger charge is -2.09. The number of fused-ring (bicyclic) bond motifs is 1. The van der Waals surface area contributed by atoms with E-state index in [1.54, 1.807) is 78.9 Å². The molecule has 0 bridgehead atoms. The van der Waals surface area contributed by atoms with Crippen molar-refractivity contribution in [3.05, 3.63) is 102 Å². The molecule has 0 saturated carbocycles. The van der Waals surface area contributed by atoms with Crippen molar-refractivity contribution in [2.75, 3.05) is 0 Å². The molecule has 0 atom stereocenters. The molecule has 3 aromatic carbocycles. The molecule has 1 N–H and O–H groups in total. The van der Waals surface area contributed by atoms with Crippen molar-refractivity contribution >= 4 is 22.6 Å². The second-order valence-electron chi connectivity index (χ2n) is 5.92. The third-order valence-corrected chi connectivity index (χ3v) is 4.32. The lowest BCUT2D eigenvalue weighted by atomic mass is 10.1. The van der Waals surface area contributed by atoms with E-state index in [-0.39, 0.29) is 17.4 Å². The average Bonchev–Trinajstić information content (AvgIpc) is 3.01. The molecule has 4 rings (SSSR count). The summed E-state index contributed by atoms with van der Waals surface area (Å²) in [4.78, 5) is 26.2. The Balaban J connectivity index is 1.99. The molecule has 1 heterocycles. The van der Waals surface area contributed by atoms with E-state index in [4.69, 9.17) is 0 Å². The maximum Gasteiger partial charge on any atom is 0.263 e. The van der Waals surface area contributed by atoms with E-state index in [0.29, 0.717) is 22.0 Å². The normalized spacial score (nSPS) is 10.8. The van der Waals surface area contributed by atoms with Crippen molar-refractivity contribution < 1.29 is 14.7 Å². The van der Waals surface area contributed by atoms with Crippen LogP contribution < -0.4 is 0 Å². The summed E-state index contributed by atoms with van der Waals surface area (Å²) < 4.78 is 1.30. The van der Waals surface area contributed by atoms with Gasteiger partial charge in [0.05, 0.1) is 5.52 Å². The van der Waals surface area contributed by atoms with Gasteiger partial charge in [-0.15, -0.1) is 0 Å². The maximum absolute atomic E-state index is 13.1. The first-order valence-corrected chi connectivity index (χ1v) is 8.20. The van der Waals surface area contributed by atoms with Crippen molar-refractivity contribution in [1.29, 1.82) is 0 Å². The summed E-state index contributed by atoms with van der Waals surface area (Å²) in [7, 11) is 0. The summed E-state index contributed by atoms with van der Waals surface area (Å²) in [6.45, 7) is 0. The SMILES string of the molecule is O=C(c1ccccc1)c1c(O)c2ccccc2n1C(=O)c1ccccc1. The van der Waals surface area contributed by atoms with E-state index in [1.165, 1.54) is 4.57 Å². The minimum Gasteiger partial charge on any atom is -0.505 e. The summed E-state index contributed by atoms with van der Waals surface area (Å²) in [6.07, 6.45) is 0. The molecular weight excluding hydrogens is 326 g/mol. The number of aromatic nitrogens is 1. The molecular formula is C22H15NO3. The molecule has 26 heavy (non-hydrogen) atoms. The number of carbonyl (C=O) groups is 2. The standard InChI is InChI=1S/C22H15NO3/c24-20(15-9-3-1-4-10-15)19-21(25)17-13-7-8-14-18(17)23(19)22(26)16-11-5-2-6-12-16/h1-14,25H. The summed E-state index contributed by atoms with van der Waals surface area (Å²) in [5, 5.41) is 11.2. The number of hydrogen-bond donors (Lipinski definition) is 1. The Labute approximate surface area is 149 Å². The molecule has 0 aliphatic carbocycles. The highest BCUT2D eigenvalue weighted by Gasteiger charge is 2.27. The number of nitrogens with zero attached hydrogens (tertiary/aromatic N) is 1. The van der Waals surface area contributed by atoms with Gasteiger partial charge in [0.1, 0.15) is 5.69 Å². The first kappa shape index (κ1) is 15.8. The fourth-order valence-corrected chi connectivity index (χ4v) is 3.08. The minimum absolute atomic E-state index is 0.0220. The smallest absolute Gasteiger partial charge is 0.263 e. The van der Waals surface area contributed by atoms with Gasteiger partial charge >= 0.3 is 0 Å². The zero-order valence-corrected chi connectivity index (χ0v) is 13.8. The van der Waals surface area contributed by atoms with E-state index in [1.807, 2.05) is 6.07 Å².